The predicted molar refractivity (Wildman–Crippen MR) is 91.2 cm³/mol. The molecule has 1 atom stereocenters. The highest BCUT2D eigenvalue weighted by Crippen LogP contribution is 2.14. The van der Waals surface area contributed by atoms with Gasteiger partial charge in [-0.1, -0.05) is 29.8 Å². The van der Waals surface area contributed by atoms with Crippen molar-refractivity contribution in [2.24, 2.45) is 5.92 Å². The van der Waals surface area contributed by atoms with Gasteiger partial charge >= 0.3 is 0 Å². The van der Waals surface area contributed by atoms with Crippen molar-refractivity contribution >= 4 is 5.91 Å². The summed E-state index contributed by atoms with van der Waals surface area (Å²) in [5, 5.41) is 18.6. The molecule has 0 bridgehead atoms. The molecule has 1 aliphatic heterocycles. The molecular weight excluding hydrogens is 304 g/mol. The molecule has 2 aromatic rings. The molecule has 0 saturated carbocycles. The van der Waals surface area contributed by atoms with Crippen LogP contribution in [-0.4, -0.2) is 45.7 Å². The lowest BCUT2D eigenvalue weighted by atomic mass is 9.96. The molecule has 1 amide bonds. The highest BCUT2D eigenvalue weighted by Gasteiger charge is 2.13. The van der Waals surface area contributed by atoms with Crippen molar-refractivity contribution in [1.82, 2.24) is 30.8 Å². The maximum Gasteiger partial charge on any atom is 0.243 e. The summed E-state index contributed by atoms with van der Waals surface area (Å²) < 4.78 is 0. The molecule has 1 aromatic carbocycles. The van der Waals surface area contributed by atoms with Gasteiger partial charge in [0.2, 0.25) is 11.7 Å². The van der Waals surface area contributed by atoms with E-state index in [2.05, 4.69) is 26.0 Å². The van der Waals surface area contributed by atoms with Crippen molar-refractivity contribution in [1.29, 1.82) is 0 Å². The minimum absolute atomic E-state index is 0.0772. The normalized spacial score (nSPS) is 17.6. The van der Waals surface area contributed by atoms with Crippen LogP contribution in [0.15, 0.2) is 24.3 Å². The van der Waals surface area contributed by atoms with Gasteiger partial charge in [-0.15, -0.1) is 10.2 Å². The van der Waals surface area contributed by atoms with Crippen molar-refractivity contribution in [3.63, 3.8) is 0 Å². The van der Waals surface area contributed by atoms with Gasteiger partial charge in [-0.25, -0.2) is 0 Å². The lowest BCUT2D eigenvalue weighted by Gasteiger charge is -2.22. The SMILES string of the molecule is Cc1ccc(-c2nnn(CC(=O)NCCC3CCCNC3)n2)cc1. The topological polar surface area (TPSA) is 84.7 Å². The highest BCUT2D eigenvalue weighted by atomic mass is 16.2. The lowest BCUT2D eigenvalue weighted by Crippen LogP contribution is -2.34. The van der Waals surface area contributed by atoms with E-state index in [0.717, 1.165) is 25.1 Å². The van der Waals surface area contributed by atoms with E-state index in [9.17, 15) is 4.79 Å². The Morgan fingerprint density at radius 1 is 1.38 bits per heavy atom. The van der Waals surface area contributed by atoms with E-state index in [-0.39, 0.29) is 12.5 Å². The molecule has 1 unspecified atom stereocenters. The van der Waals surface area contributed by atoms with Crippen molar-refractivity contribution in [2.75, 3.05) is 19.6 Å². The van der Waals surface area contributed by atoms with Crippen molar-refractivity contribution in [2.45, 2.75) is 32.7 Å². The van der Waals surface area contributed by atoms with Crippen LogP contribution < -0.4 is 10.6 Å². The molecular formula is C17H24N6O. The highest BCUT2D eigenvalue weighted by molar-refractivity contribution is 5.75. The number of benzene rings is 1. The van der Waals surface area contributed by atoms with E-state index in [1.165, 1.54) is 23.2 Å². The monoisotopic (exact) mass is 328 g/mol. The van der Waals surface area contributed by atoms with Crippen LogP contribution in [0.3, 0.4) is 0 Å². The number of carbonyl (C=O) groups excluding carboxylic acids is 1. The first-order chi connectivity index (χ1) is 11.7. The fourth-order valence-corrected chi connectivity index (χ4v) is 2.90. The van der Waals surface area contributed by atoms with E-state index < -0.39 is 0 Å². The first-order valence-electron chi connectivity index (χ1n) is 8.53. The van der Waals surface area contributed by atoms with Gasteiger partial charge in [-0.2, -0.15) is 4.80 Å². The van der Waals surface area contributed by atoms with Crippen molar-refractivity contribution in [3.05, 3.63) is 29.8 Å². The second-order valence-electron chi connectivity index (χ2n) is 6.36. The maximum atomic E-state index is 12.0. The molecule has 1 aromatic heterocycles. The molecule has 2 N–H and O–H groups in total. The van der Waals surface area contributed by atoms with Gasteiger partial charge in [0.15, 0.2) is 0 Å². The third-order valence-electron chi connectivity index (χ3n) is 4.32. The number of nitrogens with zero attached hydrogens (tertiary/aromatic N) is 4. The van der Waals surface area contributed by atoms with Crippen LogP contribution in [0.4, 0.5) is 0 Å². The van der Waals surface area contributed by atoms with Crippen LogP contribution in [0.25, 0.3) is 11.4 Å². The standard InChI is InChI=1S/C17H24N6O/c1-13-4-6-15(7-5-13)17-20-22-23(21-17)12-16(24)19-10-8-14-3-2-9-18-11-14/h4-7,14,18H,2-3,8-12H2,1H3,(H,19,24). The summed E-state index contributed by atoms with van der Waals surface area (Å²) in [4.78, 5) is 13.3. The van der Waals surface area contributed by atoms with E-state index in [1.54, 1.807) is 0 Å². The third kappa shape index (κ3) is 4.61. The summed E-state index contributed by atoms with van der Waals surface area (Å²) in [6, 6.07) is 7.91. The van der Waals surface area contributed by atoms with Gasteiger partial charge in [0, 0.05) is 12.1 Å². The molecule has 3 rings (SSSR count). The van der Waals surface area contributed by atoms with Crippen LogP contribution >= 0.6 is 0 Å². The Morgan fingerprint density at radius 2 is 2.21 bits per heavy atom. The number of nitrogens with one attached hydrogen (secondary N) is 2. The number of aryl methyl sites for hydroxylation is 1. The minimum Gasteiger partial charge on any atom is -0.354 e. The molecule has 0 aliphatic carbocycles. The fourth-order valence-electron chi connectivity index (χ4n) is 2.90. The second-order valence-corrected chi connectivity index (χ2v) is 6.36. The number of carbonyl (C=O) groups is 1. The number of piperidine rings is 1. The van der Waals surface area contributed by atoms with Gasteiger partial charge in [0.05, 0.1) is 0 Å². The molecule has 24 heavy (non-hydrogen) atoms. The number of hydrogen-bond acceptors (Lipinski definition) is 5. The van der Waals surface area contributed by atoms with Gasteiger partial charge in [-0.3, -0.25) is 4.79 Å². The average Bonchev–Trinajstić information content (AvgIpc) is 3.05. The predicted octanol–water partition coefficient (Wildman–Crippen LogP) is 1.15. The Balaban J connectivity index is 1.45. The molecule has 7 nitrogen and oxygen atoms in total. The summed E-state index contributed by atoms with van der Waals surface area (Å²) >= 11 is 0. The lowest BCUT2D eigenvalue weighted by molar-refractivity contribution is -0.122. The van der Waals surface area contributed by atoms with Crippen LogP contribution in [-0.2, 0) is 11.3 Å². The Morgan fingerprint density at radius 3 is 2.96 bits per heavy atom. The van der Waals surface area contributed by atoms with Crippen molar-refractivity contribution < 1.29 is 4.79 Å². The van der Waals surface area contributed by atoms with Crippen LogP contribution in [0.5, 0.6) is 0 Å². The summed E-state index contributed by atoms with van der Waals surface area (Å²) in [5.41, 5.74) is 2.08. The summed E-state index contributed by atoms with van der Waals surface area (Å²) in [7, 11) is 0. The Hall–Kier alpha value is -2.28. The first kappa shape index (κ1) is 16.6. The van der Waals surface area contributed by atoms with E-state index in [1.807, 2.05) is 31.2 Å². The average molecular weight is 328 g/mol. The van der Waals surface area contributed by atoms with Crippen LogP contribution in [0.1, 0.15) is 24.8 Å². The minimum atomic E-state index is -0.0772. The molecule has 2 heterocycles. The van der Waals surface area contributed by atoms with Gasteiger partial charge in [0.25, 0.3) is 0 Å². The summed E-state index contributed by atoms with van der Waals surface area (Å²) in [6.07, 6.45) is 3.48. The molecule has 1 fully saturated rings. The van der Waals surface area contributed by atoms with E-state index >= 15 is 0 Å². The van der Waals surface area contributed by atoms with Crippen molar-refractivity contribution in [3.8, 4) is 11.4 Å². The summed E-state index contributed by atoms with van der Waals surface area (Å²) in [6.45, 7) is 5.00. The Kier molecular flexibility index (Phi) is 5.53. The zero-order chi connectivity index (χ0) is 16.8. The quantitative estimate of drug-likeness (QED) is 0.831. The van der Waals surface area contributed by atoms with Gasteiger partial charge in [0.1, 0.15) is 6.54 Å². The first-order valence-corrected chi connectivity index (χ1v) is 8.53. The molecule has 1 aliphatic rings. The number of hydrogen-bond donors (Lipinski definition) is 2. The Labute approximate surface area is 141 Å². The van der Waals surface area contributed by atoms with E-state index in [0.29, 0.717) is 18.3 Å². The number of amides is 1. The molecule has 1 saturated heterocycles. The number of tetrazole rings is 1. The maximum absolute atomic E-state index is 12.0. The fraction of sp³-hybridized carbons (Fsp3) is 0.529. The zero-order valence-electron chi connectivity index (χ0n) is 14.0. The number of rotatable bonds is 6. The molecule has 0 radical (unpaired) electrons. The largest absolute Gasteiger partial charge is 0.354 e. The van der Waals surface area contributed by atoms with Gasteiger partial charge < -0.3 is 10.6 Å². The second kappa shape index (κ2) is 8.01. The number of aromatic nitrogens is 4. The third-order valence-corrected chi connectivity index (χ3v) is 4.32. The smallest absolute Gasteiger partial charge is 0.243 e. The van der Waals surface area contributed by atoms with Crippen LogP contribution in [0.2, 0.25) is 0 Å². The van der Waals surface area contributed by atoms with Crippen LogP contribution in [0, 0.1) is 12.8 Å². The molecule has 128 valence electrons. The summed E-state index contributed by atoms with van der Waals surface area (Å²) in [5.74, 6) is 1.12. The Bertz CT molecular complexity index is 660. The zero-order valence-corrected chi connectivity index (χ0v) is 14.0. The van der Waals surface area contributed by atoms with E-state index in [4.69, 9.17) is 0 Å². The molecule has 0 spiro atoms. The van der Waals surface area contributed by atoms with Gasteiger partial charge in [-0.05, 0) is 50.4 Å². The molecule has 7 heteroatoms.